The standard InChI is InChI=1S/C14H18N2O3/c17-13(9-15-12-4-2-1-3-5-12)16-7-6-11(10-16)8-14(18)19/h1-5,11,15H,6-10H2,(H,18,19). The fraction of sp³-hybridized carbons (Fsp3) is 0.429. The summed E-state index contributed by atoms with van der Waals surface area (Å²) in [4.78, 5) is 24.3. The molecule has 2 rings (SSSR count). The normalized spacial score (nSPS) is 18.3. The van der Waals surface area contributed by atoms with Crippen LogP contribution < -0.4 is 5.32 Å². The molecule has 0 saturated carbocycles. The lowest BCUT2D eigenvalue weighted by Crippen LogP contribution is -2.33. The van der Waals surface area contributed by atoms with E-state index in [9.17, 15) is 9.59 Å². The molecule has 1 aromatic carbocycles. The molecular weight excluding hydrogens is 244 g/mol. The number of aliphatic carboxylic acids is 1. The van der Waals surface area contributed by atoms with Gasteiger partial charge in [0.15, 0.2) is 0 Å². The molecule has 1 fully saturated rings. The van der Waals surface area contributed by atoms with Gasteiger partial charge >= 0.3 is 5.97 Å². The summed E-state index contributed by atoms with van der Waals surface area (Å²) in [5, 5.41) is 11.8. The summed E-state index contributed by atoms with van der Waals surface area (Å²) in [7, 11) is 0. The second kappa shape index (κ2) is 6.22. The molecule has 2 N–H and O–H groups in total. The summed E-state index contributed by atoms with van der Waals surface area (Å²) < 4.78 is 0. The molecule has 0 radical (unpaired) electrons. The molecule has 1 amide bonds. The van der Waals surface area contributed by atoms with Crippen molar-refractivity contribution in [3.05, 3.63) is 30.3 Å². The maximum absolute atomic E-state index is 12.0. The van der Waals surface area contributed by atoms with Crippen LogP contribution in [-0.4, -0.2) is 41.5 Å². The highest BCUT2D eigenvalue weighted by Crippen LogP contribution is 2.19. The van der Waals surface area contributed by atoms with Crippen molar-refractivity contribution in [2.45, 2.75) is 12.8 Å². The fourth-order valence-corrected chi connectivity index (χ4v) is 2.32. The zero-order chi connectivity index (χ0) is 13.7. The Balaban J connectivity index is 1.77. The highest BCUT2D eigenvalue weighted by Gasteiger charge is 2.27. The smallest absolute Gasteiger partial charge is 0.303 e. The van der Waals surface area contributed by atoms with Gasteiger partial charge in [0, 0.05) is 25.2 Å². The van der Waals surface area contributed by atoms with E-state index in [0.29, 0.717) is 13.1 Å². The molecule has 1 saturated heterocycles. The van der Waals surface area contributed by atoms with Gasteiger partial charge in [0.25, 0.3) is 0 Å². The third kappa shape index (κ3) is 3.98. The maximum atomic E-state index is 12.0. The molecule has 5 nitrogen and oxygen atoms in total. The summed E-state index contributed by atoms with van der Waals surface area (Å²) in [5.41, 5.74) is 0.914. The SMILES string of the molecule is O=C(O)CC1CCN(C(=O)CNc2ccccc2)C1. The first kappa shape index (κ1) is 13.4. The number of nitrogens with one attached hydrogen (secondary N) is 1. The van der Waals surface area contributed by atoms with Gasteiger partial charge in [0.05, 0.1) is 6.54 Å². The number of rotatable bonds is 5. The van der Waals surface area contributed by atoms with E-state index in [1.807, 2.05) is 30.3 Å². The van der Waals surface area contributed by atoms with Gasteiger partial charge in [-0.25, -0.2) is 0 Å². The van der Waals surface area contributed by atoms with Crippen molar-refractivity contribution in [1.82, 2.24) is 4.90 Å². The Morgan fingerprint density at radius 1 is 1.32 bits per heavy atom. The highest BCUT2D eigenvalue weighted by atomic mass is 16.4. The third-order valence-electron chi connectivity index (χ3n) is 3.32. The Labute approximate surface area is 112 Å². The first-order valence-corrected chi connectivity index (χ1v) is 6.43. The quantitative estimate of drug-likeness (QED) is 0.842. The van der Waals surface area contributed by atoms with Crippen LogP contribution in [0.3, 0.4) is 0 Å². The molecule has 1 aliphatic heterocycles. The number of para-hydroxylation sites is 1. The van der Waals surface area contributed by atoms with Crippen molar-refractivity contribution in [2.75, 3.05) is 25.0 Å². The van der Waals surface area contributed by atoms with Crippen molar-refractivity contribution in [2.24, 2.45) is 5.92 Å². The summed E-state index contributed by atoms with van der Waals surface area (Å²) in [6.07, 6.45) is 0.930. The van der Waals surface area contributed by atoms with E-state index in [2.05, 4.69) is 5.32 Å². The lowest BCUT2D eigenvalue weighted by Gasteiger charge is -2.17. The van der Waals surface area contributed by atoms with Gasteiger partial charge in [0.2, 0.25) is 5.91 Å². The highest BCUT2D eigenvalue weighted by molar-refractivity contribution is 5.81. The number of carboxylic acids is 1. The van der Waals surface area contributed by atoms with Crippen molar-refractivity contribution in [3.63, 3.8) is 0 Å². The van der Waals surface area contributed by atoms with E-state index in [-0.39, 0.29) is 24.8 Å². The number of hydrogen-bond acceptors (Lipinski definition) is 3. The van der Waals surface area contributed by atoms with Gasteiger partial charge in [-0.1, -0.05) is 18.2 Å². The lowest BCUT2D eigenvalue weighted by atomic mass is 10.1. The van der Waals surface area contributed by atoms with Crippen LogP contribution >= 0.6 is 0 Å². The zero-order valence-electron chi connectivity index (χ0n) is 10.7. The van der Waals surface area contributed by atoms with Crippen molar-refractivity contribution in [3.8, 4) is 0 Å². The molecule has 0 bridgehead atoms. The summed E-state index contributed by atoms with van der Waals surface area (Å²) in [5.74, 6) is -0.670. The minimum atomic E-state index is -0.790. The second-order valence-corrected chi connectivity index (χ2v) is 4.81. The lowest BCUT2D eigenvalue weighted by molar-refractivity contribution is -0.138. The molecule has 0 spiro atoms. The van der Waals surface area contributed by atoms with Gasteiger partial charge in [-0.15, -0.1) is 0 Å². The molecule has 1 aromatic rings. The van der Waals surface area contributed by atoms with Crippen molar-refractivity contribution >= 4 is 17.6 Å². The third-order valence-corrected chi connectivity index (χ3v) is 3.32. The summed E-state index contributed by atoms with van der Waals surface area (Å²) >= 11 is 0. The van der Waals surface area contributed by atoms with E-state index in [0.717, 1.165) is 12.1 Å². The largest absolute Gasteiger partial charge is 0.481 e. The average Bonchev–Trinajstić information content (AvgIpc) is 2.85. The number of carbonyl (C=O) groups is 2. The Kier molecular flexibility index (Phi) is 4.39. The van der Waals surface area contributed by atoms with E-state index < -0.39 is 5.97 Å². The van der Waals surface area contributed by atoms with Crippen LogP contribution in [0.25, 0.3) is 0 Å². The fourth-order valence-electron chi connectivity index (χ4n) is 2.32. The Bertz CT molecular complexity index is 447. The topological polar surface area (TPSA) is 69.6 Å². The van der Waals surface area contributed by atoms with Crippen LogP contribution in [0.4, 0.5) is 5.69 Å². The molecule has 1 aliphatic rings. The van der Waals surface area contributed by atoms with Gasteiger partial charge in [-0.3, -0.25) is 9.59 Å². The second-order valence-electron chi connectivity index (χ2n) is 4.81. The number of carboxylic acid groups (broad SMARTS) is 1. The van der Waals surface area contributed by atoms with Gasteiger partial charge < -0.3 is 15.3 Å². The summed E-state index contributed by atoms with van der Waals surface area (Å²) in [6.45, 7) is 1.47. The number of benzene rings is 1. The van der Waals surface area contributed by atoms with Crippen LogP contribution in [0, 0.1) is 5.92 Å². The predicted octanol–water partition coefficient (Wildman–Crippen LogP) is 1.42. The minimum absolute atomic E-state index is 0.0248. The molecule has 1 heterocycles. The monoisotopic (exact) mass is 262 g/mol. The minimum Gasteiger partial charge on any atom is -0.481 e. The van der Waals surface area contributed by atoms with Gasteiger partial charge in [0.1, 0.15) is 0 Å². The van der Waals surface area contributed by atoms with Gasteiger partial charge in [-0.2, -0.15) is 0 Å². The van der Waals surface area contributed by atoms with Crippen LogP contribution in [-0.2, 0) is 9.59 Å². The number of nitrogens with zero attached hydrogens (tertiary/aromatic N) is 1. The average molecular weight is 262 g/mol. The van der Waals surface area contributed by atoms with Crippen LogP contribution in [0.5, 0.6) is 0 Å². The van der Waals surface area contributed by atoms with E-state index in [4.69, 9.17) is 5.11 Å². The molecule has 1 unspecified atom stereocenters. The van der Waals surface area contributed by atoms with Crippen molar-refractivity contribution < 1.29 is 14.7 Å². The first-order valence-electron chi connectivity index (χ1n) is 6.43. The van der Waals surface area contributed by atoms with Gasteiger partial charge in [-0.05, 0) is 24.5 Å². The number of amides is 1. The first-order chi connectivity index (χ1) is 9.15. The number of likely N-dealkylation sites (tertiary alicyclic amines) is 1. The van der Waals surface area contributed by atoms with Crippen LogP contribution in [0.2, 0.25) is 0 Å². The molecule has 5 heteroatoms. The number of carbonyl (C=O) groups excluding carboxylic acids is 1. The number of hydrogen-bond donors (Lipinski definition) is 2. The van der Waals surface area contributed by atoms with Crippen LogP contribution in [0.1, 0.15) is 12.8 Å². The van der Waals surface area contributed by atoms with E-state index in [1.165, 1.54) is 0 Å². The Morgan fingerprint density at radius 3 is 2.74 bits per heavy atom. The maximum Gasteiger partial charge on any atom is 0.303 e. The molecule has 0 aromatic heterocycles. The predicted molar refractivity (Wildman–Crippen MR) is 71.9 cm³/mol. The zero-order valence-corrected chi connectivity index (χ0v) is 10.7. The van der Waals surface area contributed by atoms with E-state index >= 15 is 0 Å². The van der Waals surface area contributed by atoms with Crippen molar-refractivity contribution in [1.29, 1.82) is 0 Å². The number of anilines is 1. The van der Waals surface area contributed by atoms with Crippen LogP contribution in [0.15, 0.2) is 30.3 Å². The molecular formula is C14H18N2O3. The molecule has 19 heavy (non-hydrogen) atoms. The molecule has 1 atom stereocenters. The molecule has 102 valence electrons. The summed E-state index contributed by atoms with van der Waals surface area (Å²) in [6, 6.07) is 9.55. The molecule has 0 aliphatic carbocycles. The Morgan fingerprint density at radius 2 is 2.05 bits per heavy atom. The Hall–Kier alpha value is -2.04. The van der Waals surface area contributed by atoms with E-state index in [1.54, 1.807) is 4.90 Å².